The summed E-state index contributed by atoms with van der Waals surface area (Å²) < 4.78 is 93.0. The van der Waals surface area contributed by atoms with Crippen molar-refractivity contribution in [2.45, 2.75) is 104 Å². The van der Waals surface area contributed by atoms with Gasteiger partial charge < -0.3 is 19.5 Å². The zero-order valence-corrected chi connectivity index (χ0v) is 30.1. The van der Waals surface area contributed by atoms with E-state index in [1.807, 2.05) is 58.1 Å². The van der Waals surface area contributed by atoms with Crippen molar-refractivity contribution in [3.8, 4) is 0 Å². The minimum atomic E-state index is -5.05. The van der Waals surface area contributed by atoms with Gasteiger partial charge in [-0.3, -0.25) is 4.90 Å². The van der Waals surface area contributed by atoms with E-state index in [0.29, 0.717) is 36.8 Å². The number of halogens is 6. The number of carbonyl (C=O) groups is 1. The number of hydrogen-bond donors (Lipinski definition) is 1. The molecule has 2 unspecified atom stereocenters. The Morgan fingerprint density at radius 2 is 1.67 bits per heavy atom. The van der Waals surface area contributed by atoms with Crippen molar-refractivity contribution in [1.82, 2.24) is 9.88 Å². The first kappa shape index (κ1) is 41.4. The number of aliphatic hydroxyl groups excluding tert-OH is 1. The van der Waals surface area contributed by atoms with Crippen LogP contribution in [0.5, 0.6) is 0 Å². The Kier molecular flexibility index (Phi) is 15.0. The van der Waals surface area contributed by atoms with Gasteiger partial charge in [-0.25, -0.2) is 9.78 Å². The second-order valence-electron chi connectivity index (χ2n) is 11.9. The monoisotopic (exact) mass is 725 g/mol. The zero-order valence-electron chi connectivity index (χ0n) is 30.1. The van der Waals surface area contributed by atoms with Gasteiger partial charge in [0.05, 0.1) is 42.3 Å². The SMILES string of the molecule is CC.CC.COC1=CC=C(CCCO)C=C(c2ccc(N3CCC3)nc2CN2C(=O)OC(/C3=C/C(C(F)(F)F)=C\C(C(F)(F)F)=C/CC3)C2C)C1. The Labute approximate surface area is 296 Å². The Balaban J connectivity index is 0.00000169. The molecule has 2 aliphatic carbocycles. The molecule has 51 heavy (non-hydrogen) atoms. The molecule has 1 aromatic rings. The van der Waals surface area contributed by atoms with Gasteiger partial charge in [-0.2, -0.15) is 26.3 Å². The molecule has 13 heteroatoms. The molecule has 0 aromatic carbocycles. The van der Waals surface area contributed by atoms with Crippen LogP contribution in [0, 0.1) is 0 Å². The maximum Gasteiger partial charge on any atom is 0.416 e. The molecule has 282 valence electrons. The topological polar surface area (TPSA) is 75.1 Å². The predicted octanol–water partition coefficient (Wildman–Crippen LogP) is 9.77. The van der Waals surface area contributed by atoms with Crippen LogP contribution in [0.4, 0.5) is 37.0 Å². The normalized spacial score (nSPS) is 24.0. The van der Waals surface area contributed by atoms with E-state index in [9.17, 15) is 36.2 Å². The van der Waals surface area contributed by atoms with Crippen molar-refractivity contribution in [1.29, 1.82) is 0 Å². The lowest BCUT2D eigenvalue weighted by atomic mass is 9.92. The van der Waals surface area contributed by atoms with E-state index in [1.54, 1.807) is 14.0 Å². The number of allylic oxidation sites excluding steroid dienone is 10. The van der Waals surface area contributed by atoms with Crippen molar-refractivity contribution >= 4 is 17.5 Å². The second kappa shape index (κ2) is 18.5. The van der Waals surface area contributed by atoms with Crippen LogP contribution >= 0.6 is 0 Å². The van der Waals surface area contributed by atoms with Crippen LogP contribution in [0.15, 0.2) is 76.6 Å². The third-order valence-electron chi connectivity index (χ3n) is 8.76. The highest BCUT2D eigenvalue weighted by molar-refractivity contribution is 5.75. The van der Waals surface area contributed by atoms with Crippen molar-refractivity contribution < 1.29 is 45.7 Å². The van der Waals surface area contributed by atoms with Crippen molar-refractivity contribution in [3.63, 3.8) is 0 Å². The number of carbonyl (C=O) groups excluding carboxylic acids is 1. The van der Waals surface area contributed by atoms with Crippen LogP contribution in [-0.4, -0.2) is 72.4 Å². The Morgan fingerprint density at radius 3 is 2.25 bits per heavy atom. The fourth-order valence-electron chi connectivity index (χ4n) is 6.03. The molecule has 2 aliphatic heterocycles. The predicted molar refractivity (Wildman–Crippen MR) is 187 cm³/mol. The first-order valence-corrected chi connectivity index (χ1v) is 17.5. The third kappa shape index (κ3) is 10.5. The van der Waals surface area contributed by atoms with E-state index in [4.69, 9.17) is 14.5 Å². The molecule has 2 saturated heterocycles. The molecule has 1 N–H and O–H groups in total. The summed E-state index contributed by atoms with van der Waals surface area (Å²) in [6.45, 7) is 11.3. The van der Waals surface area contributed by atoms with Gasteiger partial charge in [0.1, 0.15) is 11.9 Å². The summed E-state index contributed by atoms with van der Waals surface area (Å²) in [5.74, 6) is 1.43. The molecule has 0 bridgehead atoms. The smallest absolute Gasteiger partial charge is 0.416 e. The first-order chi connectivity index (χ1) is 24.3. The largest absolute Gasteiger partial charge is 0.501 e. The average Bonchev–Trinajstić information content (AvgIpc) is 3.20. The molecule has 7 nitrogen and oxygen atoms in total. The van der Waals surface area contributed by atoms with Gasteiger partial charge in [0, 0.05) is 31.7 Å². The standard InChI is InChI=1S/C34H37F6N3O4.2C2H6/c1-21-31(23-7-3-8-25(33(35,36)37)19-26(17-23)34(38,39)40)47-32(45)43(21)20-29-28(11-12-30(41-29)42-13-5-14-42)24-16-22(6-4-15-44)9-10-27(18-24)46-2;2*1-2/h8-12,16-17,19,21,31,44H,3-7,13-15,18,20H2,1-2H3;2*1-2H3/b23-17+,25-8+,26-19+;;. The highest BCUT2D eigenvalue weighted by Gasteiger charge is 2.44. The summed E-state index contributed by atoms with van der Waals surface area (Å²) in [4.78, 5) is 21.8. The second-order valence-corrected chi connectivity index (χ2v) is 11.9. The molecule has 0 saturated carbocycles. The molecule has 1 amide bonds. The summed E-state index contributed by atoms with van der Waals surface area (Å²) in [6, 6.07) is 3.11. The minimum absolute atomic E-state index is 0.0139. The summed E-state index contributed by atoms with van der Waals surface area (Å²) in [6.07, 6.45) is -2.20. The number of methoxy groups -OCH3 is 1. The van der Waals surface area contributed by atoms with E-state index in [-0.39, 0.29) is 37.6 Å². The Hall–Kier alpha value is -4.00. The van der Waals surface area contributed by atoms with E-state index < -0.39 is 41.7 Å². The molecule has 0 spiro atoms. The molecule has 0 radical (unpaired) electrons. The van der Waals surface area contributed by atoms with Gasteiger partial charge in [-0.05, 0) is 86.1 Å². The number of cyclic esters (lactones) is 1. The van der Waals surface area contributed by atoms with Crippen LogP contribution < -0.4 is 4.90 Å². The van der Waals surface area contributed by atoms with E-state index in [2.05, 4.69) is 4.90 Å². The van der Waals surface area contributed by atoms with Gasteiger partial charge in [0.2, 0.25) is 0 Å². The van der Waals surface area contributed by atoms with Gasteiger partial charge in [0.25, 0.3) is 0 Å². The number of amides is 1. The lowest BCUT2D eigenvalue weighted by molar-refractivity contribution is -0.0937. The highest BCUT2D eigenvalue weighted by atomic mass is 19.4. The number of nitrogens with zero attached hydrogens (tertiary/aromatic N) is 3. The van der Waals surface area contributed by atoms with Crippen molar-refractivity contribution in [3.05, 3.63) is 87.9 Å². The van der Waals surface area contributed by atoms with E-state index in [0.717, 1.165) is 48.1 Å². The fourth-order valence-corrected chi connectivity index (χ4v) is 6.03. The molecule has 2 fully saturated rings. The maximum atomic E-state index is 13.9. The summed E-state index contributed by atoms with van der Waals surface area (Å²) in [7, 11) is 1.58. The molecule has 2 atom stereocenters. The van der Waals surface area contributed by atoms with Crippen molar-refractivity contribution in [2.75, 3.05) is 31.7 Å². The van der Waals surface area contributed by atoms with E-state index >= 15 is 0 Å². The number of alkyl halides is 6. The molecule has 4 aliphatic rings. The lowest BCUT2D eigenvalue weighted by Gasteiger charge is -2.33. The van der Waals surface area contributed by atoms with Gasteiger partial charge in [-0.1, -0.05) is 45.9 Å². The van der Waals surface area contributed by atoms with Gasteiger partial charge in [0.15, 0.2) is 0 Å². The maximum absolute atomic E-state index is 13.9. The zero-order chi connectivity index (χ0) is 37.9. The summed E-state index contributed by atoms with van der Waals surface area (Å²) >= 11 is 0. The molecular weight excluding hydrogens is 676 g/mol. The number of anilines is 1. The average molecular weight is 726 g/mol. The molecular formula is C38H49F6N3O4. The molecule has 5 rings (SSSR count). The van der Waals surface area contributed by atoms with E-state index in [1.165, 1.54) is 4.90 Å². The summed E-state index contributed by atoms with van der Waals surface area (Å²) in [5, 5.41) is 9.39. The number of aromatic nitrogens is 1. The first-order valence-electron chi connectivity index (χ1n) is 17.5. The molecule has 1 aromatic heterocycles. The summed E-state index contributed by atoms with van der Waals surface area (Å²) in [5.41, 5.74) is 0.420. The van der Waals surface area contributed by atoms with Crippen LogP contribution in [-0.2, 0) is 16.0 Å². The van der Waals surface area contributed by atoms with Gasteiger partial charge in [-0.15, -0.1) is 0 Å². The number of ether oxygens (including phenoxy) is 2. The van der Waals surface area contributed by atoms with Crippen LogP contribution in [0.3, 0.4) is 0 Å². The number of pyridine rings is 1. The quantitative estimate of drug-likeness (QED) is 0.256. The number of aliphatic hydroxyl groups is 1. The Morgan fingerprint density at radius 1 is 0.980 bits per heavy atom. The lowest BCUT2D eigenvalue weighted by Crippen LogP contribution is -2.38. The number of rotatable bonds is 9. The Bertz CT molecular complexity index is 1550. The highest BCUT2D eigenvalue weighted by Crippen LogP contribution is 2.39. The number of hydrogen-bond acceptors (Lipinski definition) is 6. The van der Waals surface area contributed by atoms with Gasteiger partial charge >= 0.3 is 18.4 Å². The van der Waals surface area contributed by atoms with Crippen LogP contribution in [0.2, 0.25) is 0 Å². The fraction of sp³-hybridized carbons (Fsp3) is 0.526. The third-order valence-corrected chi connectivity index (χ3v) is 8.76. The van der Waals surface area contributed by atoms with Crippen molar-refractivity contribution in [2.24, 2.45) is 0 Å². The molecule has 3 heterocycles. The minimum Gasteiger partial charge on any atom is -0.501 e. The van der Waals surface area contributed by atoms with Crippen LogP contribution in [0.1, 0.15) is 84.4 Å². The van der Waals surface area contributed by atoms with Crippen LogP contribution in [0.25, 0.3) is 5.57 Å².